The highest BCUT2D eigenvalue weighted by atomic mass is 16.5. The number of hydrogen-bond donors (Lipinski definition) is 1. The maximum Gasteiger partial charge on any atom is 0.248 e. The van der Waals surface area contributed by atoms with E-state index in [1.54, 1.807) is 4.90 Å². The van der Waals surface area contributed by atoms with E-state index in [9.17, 15) is 4.79 Å². The lowest BCUT2D eigenvalue weighted by Gasteiger charge is -2.19. The van der Waals surface area contributed by atoms with Crippen molar-refractivity contribution in [3.05, 3.63) is 0 Å². The summed E-state index contributed by atoms with van der Waals surface area (Å²) in [4.78, 5) is 13.1. The van der Waals surface area contributed by atoms with Crippen LogP contribution in [0.5, 0.6) is 0 Å². The Morgan fingerprint density at radius 2 is 2.00 bits per heavy atom. The van der Waals surface area contributed by atoms with E-state index in [-0.39, 0.29) is 18.6 Å². The van der Waals surface area contributed by atoms with Crippen molar-refractivity contribution in [2.75, 3.05) is 26.2 Å². The molecule has 0 aromatic heterocycles. The minimum Gasteiger partial charge on any atom is -0.367 e. The van der Waals surface area contributed by atoms with E-state index in [1.165, 1.54) is 0 Å². The van der Waals surface area contributed by atoms with Crippen LogP contribution in [0, 0.1) is 0 Å². The first kappa shape index (κ1) is 12.4. The molecular weight excluding hydrogens is 168 g/mol. The average Bonchev–Trinajstić information content (AvgIpc) is 2.16. The lowest BCUT2D eigenvalue weighted by molar-refractivity contribution is -0.137. The average molecular weight is 188 g/mol. The van der Waals surface area contributed by atoms with Gasteiger partial charge in [0.2, 0.25) is 5.91 Å². The number of likely N-dealkylation sites (N-methyl/N-ethyl adjacent to an activating group) is 1. The Balaban J connectivity index is 3.72. The standard InChI is InChI=1S/C9H20N2O2/c1-4-11(5-2)9(12)7-13-8(3)6-10/h8H,4-7,10H2,1-3H3. The van der Waals surface area contributed by atoms with Crippen molar-refractivity contribution in [1.82, 2.24) is 4.90 Å². The number of nitrogens with two attached hydrogens (primary N) is 1. The van der Waals surface area contributed by atoms with Crippen LogP contribution in [0.25, 0.3) is 0 Å². The summed E-state index contributed by atoms with van der Waals surface area (Å²) in [6.07, 6.45) is -0.0421. The number of rotatable bonds is 6. The number of ether oxygens (including phenoxy) is 1. The molecule has 2 N–H and O–H groups in total. The molecule has 0 rings (SSSR count). The molecule has 4 nitrogen and oxygen atoms in total. The summed E-state index contributed by atoms with van der Waals surface area (Å²) in [5.41, 5.74) is 5.35. The topological polar surface area (TPSA) is 55.6 Å². The first-order valence-electron chi connectivity index (χ1n) is 4.75. The number of amides is 1. The zero-order valence-electron chi connectivity index (χ0n) is 8.75. The molecule has 0 aromatic rings. The maximum atomic E-state index is 11.4. The first-order chi connectivity index (χ1) is 6.15. The van der Waals surface area contributed by atoms with Gasteiger partial charge >= 0.3 is 0 Å². The summed E-state index contributed by atoms with van der Waals surface area (Å²) in [6, 6.07) is 0. The Kier molecular flexibility index (Phi) is 6.54. The van der Waals surface area contributed by atoms with Crippen LogP contribution in [0.4, 0.5) is 0 Å². The van der Waals surface area contributed by atoms with Crippen LogP contribution in [0.3, 0.4) is 0 Å². The van der Waals surface area contributed by atoms with Gasteiger partial charge in [0.15, 0.2) is 0 Å². The van der Waals surface area contributed by atoms with E-state index in [4.69, 9.17) is 10.5 Å². The Labute approximate surface area is 80.0 Å². The second kappa shape index (κ2) is 6.86. The van der Waals surface area contributed by atoms with E-state index in [0.717, 1.165) is 13.1 Å². The predicted octanol–water partition coefficient (Wildman–Crippen LogP) is 0.219. The van der Waals surface area contributed by atoms with Crippen LogP contribution in [0.15, 0.2) is 0 Å². The van der Waals surface area contributed by atoms with E-state index < -0.39 is 0 Å². The van der Waals surface area contributed by atoms with Gasteiger partial charge in [-0.25, -0.2) is 0 Å². The van der Waals surface area contributed by atoms with E-state index in [0.29, 0.717) is 6.54 Å². The summed E-state index contributed by atoms with van der Waals surface area (Å²) in [5, 5.41) is 0. The molecule has 1 atom stereocenters. The molecular formula is C9H20N2O2. The molecule has 78 valence electrons. The Hall–Kier alpha value is -0.610. The van der Waals surface area contributed by atoms with Gasteiger partial charge in [0.25, 0.3) is 0 Å². The Bertz CT molecular complexity index is 147. The Morgan fingerprint density at radius 3 is 2.38 bits per heavy atom. The molecule has 0 aromatic carbocycles. The van der Waals surface area contributed by atoms with E-state index in [2.05, 4.69) is 0 Å². The van der Waals surface area contributed by atoms with Crippen LogP contribution in [0.2, 0.25) is 0 Å². The van der Waals surface area contributed by atoms with Crippen molar-refractivity contribution in [1.29, 1.82) is 0 Å². The van der Waals surface area contributed by atoms with Gasteiger partial charge in [-0.1, -0.05) is 0 Å². The molecule has 13 heavy (non-hydrogen) atoms. The molecule has 0 saturated heterocycles. The van der Waals surface area contributed by atoms with Crippen LogP contribution in [-0.2, 0) is 9.53 Å². The van der Waals surface area contributed by atoms with Gasteiger partial charge < -0.3 is 15.4 Å². The highest BCUT2D eigenvalue weighted by Gasteiger charge is 2.10. The van der Waals surface area contributed by atoms with Gasteiger partial charge in [0.1, 0.15) is 6.61 Å². The minimum absolute atomic E-state index is 0.0327. The summed E-state index contributed by atoms with van der Waals surface area (Å²) in [6.45, 7) is 7.81. The van der Waals surface area contributed by atoms with Gasteiger partial charge in [-0.05, 0) is 20.8 Å². The summed E-state index contributed by atoms with van der Waals surface area (Å²) in [7, 11) is 0. The van der Waals surface area contributed by atoms with Crippen molar-refractivity contribution in [2.24, 2.45) is 5.73 Å². The number of hydrogen-bond acceptors (Lipinski definition) is 3. The first-order valence-corrected chi connectivity index (χ1v) is 4.75. The Morgan fingerprint density at radius 1 is 1.46 bits per heavy atom. The van der Waals surface area contributed by atoms with Crippen molar-refractivity contribution in [3.63, 3.8) is 0 Å². The summed E-state index contributed by atoms with van der Waals surface area (Å²) in [5.74, 6) is 0.0327. The van der Waals surface area contributed by atoms with Crippen molar-refractivity contribution < 1.29 is 9.53 Å². The van der Waals surface area contributed by atoms with Gasteiger partial charge in [0.05, 0.1) is 6.10 Å². The van der Waals surface area contributed by atoms with Gasteiger partial charge in [-0.15, -0.1) is 0 Å². The molecule has 0 spiro atoms. The molecule has 0 aliphatic rings. The number of carbonyl (C=O) groups is 1. The maximum absolute atomic E-state index is 11.4. The quantitative estimate of drug-likeness (QED) is 0.648. The minimum atomic E-state index is -0.0421. The van der Waals surface area contributed by atoms with Crippen molar-refractivity contribution >= 4 is 5.91 Å². The molecule has 0 fully saturated rings. The summed E-state index contributed by atoms with van der Waals surface area (Å²) >= 11 is 0. The zero-order chi connectivity index (χ0) is 10.3. The highest BCUT2D eigenvalue weighted by Crippen LogP contribution is 1.93. The molecule has 4 heteroatoms. The largest absolute Gasteiger partial charge is 0.367 e. The second-order valence-corrected chi connectivity index (χ2v) is 2.92. The molecule has 0 radical (unpaired) electrons. The third kappa shape index (κ3) is 4.85. The number of nitrogens with zero attached hydrogens (tertiary/aromatic N) is 1. The van der Waals surface area contributed by atoms with Crippen LogP contribution in [0.1, 0.15) is 20.8 Å². The smallest absolute Gasteiger partial charge is 0.248 e. The molecule has 0 aliphatic carbocycles. The monoisotopic (exact) mass is 188 g/mol. The van der Waals surface area contributed by atoms with Crippen molar-refractivity contribution in [2.45, 2.75) is 26.9 Å². The fraction of sp³-hybridized carbons (Fsp3) is 0.889. The van der Waals surface area contributed by atoms with Crippen molar-refractivity contribution in [3.8, 4) is 0 Å². The molecule has 0 bridgehead atoms. The SMILES string of the molecule is CCN(CC)C(=O)COC(C)CN. The normalized spacial score (nSPS) is 12.6. The fourth-order valence-electron chi connectivity index (χ4n) is 0.949. The molecule has 0 aliphatic heterocycles. The lowest BCUT2D eigenvalue weighted by atomic mass is 10.4. The number of carbonyl (C=O) groups excluding carboxylic acids is 1. The fourth-order valence-corrected chi connectivity index (χ4v) is 0.949. The highest BCUT2D eigenvalue weighted by molar-refractivity contribution is 5.77. The molecule has 0 saturated carbocycles. The van der Waals surface area contributed by atoms with Gasteiger partial charge in [-0.2, -0.15) is 0 Å². The molecule has 0 heterocycles. The van der Waals surface area contributed by atoms with Gasteiger partial charge in [0, 0.05) is 19.6 Å². The van der Waals surface area contributed by atoms with E-state index in [1.807, 2.05) is 20.8 Å². The molecule has 1 unspecified atom stereocenters. The van der Waals surface area contributed by atoms with E-state index >= 15 is 0 Å². The van der Waals surface area contributed by atoms with Gasteiger partial charge in [-0.3, -0.25) is 4.79 Å². The third-order valence-electron chi connectivity index (χ3n) is 1.94. The summed E-state index contributed by atoms with van der Waals surface area (Å²) < 4.78 is 5.22. The second-order valence-electron chi connectivity index (χ2n) is 2.92. The third-order valence-corrected chi connectivity index (χ3v) is 1.94. The van der Waals surface area contributed by atoms with Crippen LogP contribution in [-0.4, -0.2) is 43.2 Å². The predicted molar refractivity (Wildman–Crippen MR) is 52.4 cm³/mol. The lowest BCUT2D eigenvalue weighted by Crippen LogP contribution is -2.35. The van der Waals surface area contributed by atoms with Crippen LogP contribution >= 0.6 is 0 Å². The molecule has 1 amide bonds. The zero-order valence-corrected chi connectivity index (χ0v) is 8.75. The van der Waals surface area contributed by atoms with Crippen LogP contribution < -0.4 is 5.73 Å².